The number of carbonyl (C=O) groups excluding carboxylic acids is 2. The average Bonchev–Trinajstić information content (AvgIpc) is 2.64. The minimum atomic E-state index is -0.859. The molecule has 0 radical (unpaired) electrons. The first kappa shape index (κ1) is 22.7. The van der Waals surface area contributed by atoms with E-state index < -0.39 is 11.8 Å². The summed E-state index contributed by atoms with van der Waals surface area (Å²) in [7, 11) is 1.56. The summed E-state index contributed by atoms with van der Waals surface area (Å²) in [5, 5.41) is 6.61. The van der Waals surface area contributed by atoms with E-state index in [2.05, 4.69) is 15.8 Å². The molecule has 0 aliphatic rings. The zero-order chi connectivity index (χ0) is 20.1. The zero-order valence-corrected chi connectivity index (χ0v) is 16.6. The van der Waals surface area contributed by atoms with Gasteiger partial charge in [0.25, 0.3) is 0 Å². The number of halogens is 1. The summed E-state index contributed by atoms with van der Waals surface area (Å²) in [5.41, 5.74) is 2.75. The molecule has 0 saturated carbocycles. The first-order valence-electron chi connectivity index (χ1n) is 8.72. The Morgan fingerprint density at radius 2 is 1.96 bits per heavy atom. The highest BCUT2D eigenvalue weighted by Gasteiger charge is 2.13. The van der Waals surface area contributed by atoms with Gasteiger partial charge in [-0.05, 0) is 37.5 Å². The third-order valence-corrected chi connectivity index (χ3v) is 3.46. The molecule has 1 rings (SSSR count). The number of rotatable bonds is 11. The average molecular weight is 400 g/mol. The lowest BCUT2D eigenvalue weighted by Crippen LogP contribution is -2.38. The van der Waals surface area contributed by atoms with Crippen LogP contribution >= 0.6 is 11.6 Å². The number of amides is 2. The van der Waals surface area contributed by atoms with Crippen molar-refractivity contribution in [2.75, 3.05) is 33.5 Å². The van der Waals surface area contributed by atoms with Gasteiger partial charge in [-0.15, -0.1) is 0 Å². The van der Waals surface area contributed by atoms with Crippen LogP contribution in [0.25, 0.3) is 0 Å². The SMILES string of the molecule is CCCOc1c(Cl)cc(/C=N\NC(=O)C(=O)NCCCOC)cc1OCC. The maximum absolute atomic E-state index is 11.7. The van der Waals surface area contributed by atoms with E-state index in [-0.39, 0.29) is 0 Å². The number of nitrogens with zero attached hydrogens (tertiary/aromatic N) is 1. The van der Waals surface area contributed by atoms with Crippen LogP contribution in [0.15, 0.2) is 17.2 Å². The Morgan fingerprint density at radius 1 is 1.19 bits per heavy atom. The van der Waals surface area contributed by atoms with E-state index in [1.165, 1.54) is 6.21 Å². The van der Waals surface area contributed by atoms with Gasteiger partial charge in [-0.25, -0.2) is 5.43 Å². The molecule has 0 saturated heterocycles. The maximum Gasteiger partial charge on any atom is 0.329 e. The Balaban J connectivity index is 2.69. The molecule has 0 heterocycles. The van der Waals surface area contributed by atoms with Crippen molar-refractivity contribution < 1.29 is 23.8 Å². The fourth-order valence-electron chi connectivity index (χ4n) is 1.98. The van der Waals surface area contributed by atoms with Gasteiger partial charge in [0.15, 0.2) is 11.5 Å². The summed E-state index contributed by atoms with van der Waals surface area (Å²) in [5.74, 6) is -0.665. The molecule has 8 nitrogen and oxygen atoms in total. The van der Waals surface area contributed by atoms with Crippen LogP contribution < -0.4 is 20.2 Å². The number of ether oxygens (including phenoxy) is 3. The number of hydrogen-bond donors (Lipinski definition) is 2. The monoisotopic (exact) mass is 399 g/mol. The second-order valence-corrected chi connectivity index (χ2v) is 5.82. The van der Waals surface area contributed by atoms with Crippen LogP contribution in [-0.4, -0.2) is 51.5 Å². The third kappa shape index (κ3) is 8.27. The normalized spacial score (nSPS) is 10.7. The van der Waals surface area contributed by atoms with E-state index >= 15 is 0 Å². The van der Waals surface area contributed by atoms with Gasteiger partial charge in [0.2, 0.25) is 0 Å². The molecule has 1 aromatic rings. The molecule has 150 valence electrons. The molecule has 9 heteroatoms. The quantitative estimate of drug-likeness (QED) is 0.257. The smallest absolute Gasteiger partial charge is 0.329 e. The van der Waals surface area contributed by atoms with Gasteiger partial charge >= 0.3 is 11.8 Å². The lowest BCUT2D eigenvalue weighted by Gasteiger charge is -2.13. The summed E-state index contributed by atoms with van der Waals surface area (Å²) in [6, 6.07) is 3.33. The predicted octanol–water partition coefficient (Wildman–Crippen LogP) is 2.13. The summed E-state index contributed by atoms with van der Waals surface area (Å²) in [4.78, 5) is 23.3. The zero-order valence-electron chi connectivity index (χ0n) is 15.8. The molecule has 0 aliphatic heterocycles. The molecule has 2 amide bonds. The molecule has 1 aromatic carbocycles. The molecule has 27 heavy (non-hydrogen) atoms. The van der Waals surface area contributed by atoms with Crippen molar-refractivity contribution in [1.29, 1.82) is 0 Å². The summed E-state index contributed by atoms with van der Waals surface area (Å²) in [6.45, 7) is 5.65. The second kappa shape index (κ2) is 12.9. The minimum absolute atomic E-state index is 0.344. The van der Waals surface area contributed by atoms with Crippen molar-refractivity contribution >= 4 is 29.6 Å². The number of methoxy groups -OCH3 is 1. The Morgan fingerprint density at radius 3 is 2.63 bits per heavy atom. The summed E-state index contributed by atoms with van der Waals surface area (Å²) < 4.78 is 16.0. The first-order chi connectivity index (χ1) is 13.0. The van der Waals surface area contributed by atoms with Crippen LogP contribution in [0.2, 0.25) is 5.02 Å². The lowest BCUT2D eigenvalue weighted by molar-refractivity contribution is -0.139. The standard InChI is InChI=1S/C18H26ClN3O5/c1-4-8-27-16-14(19)10-13(11-15(16)26-5-2)12-21-22-18(24)17(23)20-7-6-9-25-3/h10-12H,4-9H2,1-3H3,(H,20,23)(H,22,24)/b21-12-. The van der Waals surface area contributed by atoms with E-state index in [9.17, 15) is 9.59 Å². The van der Waals surface area contributed by atoms with Gasteiger partial charge in [-0.1, -0.05) is 18.5 Å². The maximum atomic E-state index is 11.7. The molecule has 2 N–H and O–H groups in total. The topological polar surface area (TPSA) is 98.2 Å². The molecule has 0 aliphatic carbocycles. The largest absolute Gasteiger partial charge is 0.490 e. The Hall–Kier alpha value is -2.32. The Bertz CT molecular complexity index is 652. The van der Waals surface area contributed by atoms with Crippen LogP contribution in [0.1, 0.15) is 32.3 Å². The molecule has 0 bridgehead atoms. The predicted molar refractivity (Wildman–Crippen MR) is 104 cm³/mol. The molecular formula is C18H26ClN3O5. The highest BCUT2D eigenvalue weighted by Crippen LogP contribution is 2.36. The molecule has 0 fully saturated rings. The fourth-order valence-corrected chi connectivity index (χ4v) is 2.26. The summed E-state index contributed by atoms with van der Waals surface area (Å²) >= 11 is 6.25. The van der Waals surface area contributed by atoms with E-state index in [0.29, 0.717) is 54.9 Å². The number of hydrogen-bond acceptors (Lipinski definition) is 6. The minimum Gasteiger partial charge on any atom is -0.490 e. The van der Waals surface area contributed by atoms with Crippen molar-refractivity contribution in [3.05, 3.63) is 22.7 Å². The Kier molecular flexibility index (Phi) is 10.9. The molecule has 0 atom stereocenters. The van der Waals surface area contributed by atoms with Crippen LogP contribution in [0.5, 0.6) is 11.5 Å². The van der Waals surface area contributed by atoms with Crippen LogP contribution in [0, 0.1) is 0 Å². The third-order valence-electron chi connectivity index (χ3n) is 3.18. The van der Waals surface area contributed by atoms with Crippen LogP contribution in [-0.2, 0) is 14.3 Å². The van der Waals surface area contributed by atoms with Crippen molar-refractivity contribution in [2.45, 2.75) is 26.7 Å². The van der Waals surface area contributed by atoms with E-state index in [0.717, 1.165) is 6.42 Å². The second-order valence-electron chi connectivity index (χ2n) is 5.41. The van der Waals surface area contributed by atoms with E-state index in [1.807, 2.05) is 13.8 Å². The highest BCUT2D eigenvalue weighted by molar-refractivity contribution is 6.35. The van der Waals surface area contributed by atoms with Crippen LogP contribution in [0.4, 0.5) is 0 Å². The lowest BCUT2D eigenvalue weighted by atomic mass is 10.2. The highest BCUT2D eigenvalue weighted by atomic mass is 35.5. The van der Waals surface area contributed by atoms with Gasteiger partial charge in [0.05, 0.1) is 24.5 Å². The fraction of sp³-hybridized carbons (Fsp3) is 0.500. The Labute approximate surface area is 164 Å². The molecule has 0 unspecified atom stereocenters. The van der Waals surface area contributed by atoms with Crippen molar-refractivity contribution in [2.24, 2.45) is 5.10 Å². The number of nitrogens with one attached hydrogen (secondary N) is 2. The molecular weight excluding hydrogens is 374 g/mol. The van der Waals surface area contributed by atoms with E-state index in [1.54, 1.807) is 19.2 Å². The number of hydrazone groups is 1. The first-order valence-corrected chi connectivity index (χ1v) is 9.10. The summed E-state index contributed by atoms with van der Waals surface area (Å²) in [6.07, 6.45) is 2.82. The van der Waals surface area contributed by atoms with Crippen molar-refractivity contribution in [3.63, 3.8) is 0 Å². The molecule has 0 aromatic heterocycles. The van der Waals surface area contributed by atoms with Gasteiger partial charge < -0.3 is 19.5 Å². The van der Waals surface area contributed by atoms with Gasteiger partial charge in [-0.2, -0.15) is 5.10 Å². The van der Waals surface area contributed by atoms with Gasteiger partial charge in [-0.3, -0.25) is 9.59 Å². The van der Waals surface area contributed by atoms with Crippen molar-refractivity contribution in [3.8, 4) is 11.5 Å². The van der Waals surface area contributed by atoms with Crippen molar-refractivity contribution in [1.82, 2.24) is 10.7 Å². The number of benzene rings is 1. The van der Waals surface area contributed by atoms with Crippen LogP contribution in [0.3, 0.4) is 0 Å². The molecule has 0 spiro atoms. The number of carbonyl (C=O) groups is 2. The van der Waals surface area contributed by atoms with E-state index in [4.69, 9.17) is 25.8 Å². The van der Waals surface area contributed by atoms with Gasteiger partial charge in [0.1, 0.15) is 0 Å². The van der Waals surface area contributed by atoms with Gasteiger partial charge in [0, 0.05) is 20.3 Å².